The van der Waals surface area contributed by atoms with Gasteiger partial charge in [0.05, 0.1) is 15.6 Å². The van der Waals surface area contributed by atoms with Crippen molar-refractivity contribution in [2.24, 2.45) is 0 Å². The fourth-order valence-corrected chi connectivity index (χ4v) is 2.12. The summed E-state index contributed by atoms with van der Waals surface area (Å²) in [5.74, 6) is -0.598. The quantitative estimate of drug-likeness (QED) is 0.782. The van der Waals surface area contributed by atoms with Gasteiger partial charge in [-0.25, -0.2) is 9.78 Å². The molecule has 1 heterocycles. The van der Waals surface area contributed by atoms with E-state index in [1.54, 1.807) is 6.08 Å². The van der Waals surface area contributed by atoms with Crippen molar-refractivity contribution in [2.75, 3.05) is 0 Å². The summed E-state index contributed by atoms with van der Waals surface area (Å²) in [6, 6.07) is 0. The summed E-state index contributed by atoms with van der Waals surface area (Å²) in [5.41, 5.74) is 0.977. The van der Waals surface area contributed by atoms with E-state index < -0.39 is 5.97 Å². The van der Waals surface area contributed by atoms with Gasteiger partial charge in [0.25, 0.3) is 0 Å². The highest BCUT2D eigenvalue weighted by Gasteiger charge is 2.09. The van der Waals surface area contributed by atoms with Crippen LogP contribution >= 0.6 is 11.3 Å². The highest BCUT2D eigenvalue weighted by molar-refractivity contribution is 7.12. The van der Waals surface area contributed by atoms with E-state index >= 15 is 0 Å². The van der Waals surface area contributed by atoms with Gasteiger partial charge in [-0.1, -0.05) is 13.8 Å². The average molecular weight is 211 g/mol. The first-order valence-electron chi connectivity index (χ1n) is 4.39. The second kappa shape index (κ2) is 4.37. The Labute approximate surface area is 87.1 Å². The monoisotopic (exact) mass is 211 g/mol. The van der Waals surface area contributed by atoms with Crippen LogP contribution in [0.25, 0.3) is 6.08 Å². The van der Waals surface area contributed by atoms with Gasteiger partial charge in [-0.15, -0.1) is 11.3 Å². The fraction of sp³-hybridized carbons (Fsp3) is 0.400. The molecule has 3 nitrogen and oxygen atoms in total. The van der Waals surface area contributed by atoms with E-state index in [4.69, 9.17) is 5.11 Å². The number of aromatic nitrogens is 1. The number of nitrogens with zero attached hydrogens (tertiary/aromatic N) is 1. The molecule has 0 saturated heterocycles. The number of aryl methyl sites for hydroxylation is 1. The van der Waals surface area contributed by atoms with Gasteiger partial charge in [-0.2, -0.15) is 0 Å². The van der Waals surface area contributed by atoms with E-state index in [0.717, 1.165) is 21.7 Å². The summed E-state index contributed by atoms with van der Waals surface area (Å²) < 4.78 is 0. The van der Waals surface area contributed by atoms with Crippen molar-refractivity contribution in [3.8, 4) is 0 Å². The molecule has 4 heteroatoms. The third-order valence-electron chi connectivity index (χ3n) is 1.71. The van der Waals surface area contributed by atoms with Crippen molar-refractivity contribution in [2.45, 2.75) is 26.7 Å². The van der Waals surface area contributed by atoms with Crippen molar-refractivity contribution in [3.05, 3.63) is 21.7 Å². The lowest BCUT2D eigenvalue weighted by Crippen LogP contribution is -1.91. The number of hydrogen-bond acceptors (Lipinski definition) is 3. The molecule has 0 aromatic carbocycles. The Morgan fingerprint density at radius 1 is 1.57 bits per heavy atom. The van der Waals surface area contributed by atoms with Crippen molar-refractivity contribution >= 4 is 23.4 Å². The van der Waals surface area contributed by atoms with E-state index in [-0.39, 0.29) is 0 Å². The van der Waals surface area contributed by atoms with Crippen molar-refractivity contribution in [1.29, 1.82) is 0 Å². The molecule has 1 aromatic heterocycles. The number of thiazole rings is 1. The molecular weight excluding hydrogens is 198 g/mol. The van der Waals surface area contributed by atoms with Gasteiger partial charge in [0.2, 0.25) is 0 Å². The Balaban J connectivity index is 3.01. The molecule has 76 valence electrons. The topological polar surface area (TPSA) is 50.2 Å². The van der Waals surface area contributed by atoms with Gasteiger partial charge in [-0.05, 0) is 18.9 Å². The zero-order chi connectivity index (χ0) is 10.7. The molecule has 0 aliphatic rings. The molecule has 1 N–H and O–H groups in total. The van der Waals surface area contributed by atoms with Crippen LogP contribution in [0.3, 0.4) is 0 Å². The van der Waals surface area contributed by atoms with Crippen LogP contribution in [0.4, 0.5) is 0 Å². The maximum absolute atomic E-state index is 10.4. The molecule has 0 radical (unpaired) electrons. The molecule has 0 amide bonds. The fourth-order valence-electron chi connectivity index (χ4n) is 1.14. The Morgan fingerprint density at radius 2 is 2.21 bits per heavy atom. The normalized spacial score (nSPS) is 11.4. The summed E-state index contributed by atoms with van der Waals surface area (Å²) in [4.78, 5) is 15.7. The molecule has 14 heavy (non-hydrogen) atoms. The van der Waals surface area contributed by atoms with Crippen LogP contribution in [0.5, 0.6) is 0 Å². The van der Waals surface area contributed by atoms with Crippen LogP contribution in [0.1, 0.15) is 35.3 Å². The highest BCUT2D eigenvalue weighted by Crippen LogP contribution is 2.25. The third kappa shape index (κ3) is 2.67. The van der Waals surface area contributed by atoms with Gasteiger partial charge in [0.1, 0.15) is 0 Å². The maximum atomic E-state index is 10.4. The van der Waals surface area contributed by atoms with E-state index in [1.807, 2.05) is 20.8 Å². The molecular formula is C10H13NO2S. The molecule has 1 rings (SSSR count). The van der Waals surface area contributed by atoms with Gasteiger partial charge in [0, 0.05) is 6.08 Å². The molecule has 0 spiro atoms. The standard InChI is InChI=1S/C10H13NO2S/c1-6(2)10-8(4-5-9(12)13)14-7(3)11-10/h4-6H,1-3H3,(H,12,13)/b5-4+. The lowest BCUT2D eigenvalue weighted by molar-refractivity contribution is -0.131. The third-order valence-corrected chi connectivity index (χ3v) is 2.66. The first kappa shape index (κ1) is 10.9. The van der Waals surface area contributed by atoms with Crippen molar-refractivity contribution in [1.82, 2.24) is 4.98 Å². The second-order valence-electron chi connectivity index (χ2n) is 3.31. The smallest absolute Gasteiger partial charge is 0.328 e. The second-order valence-corrected chi connectivity index (χ2v) is 4.54. The Morgan fingerprint density at radius 3 is 2.71 bits per heavy atom. The zero-order valence-corrected chi connectivity index (χ0v) is 9.26. The van der Waals surface area contributed by atoms with E-state index in [2.05, 4.69) is 4.98 Å². The van der Waals surface area contributed by atoms with Crippen LogP contribution in [-0.2, 0) is 4.79 Å². The van der Waals surface area contributed by atoms with Gasteiger partial charge in [0.15, 0.2) is 0 Å². The molecule has 0 atom stereocenters. The van der Waals surface area contributed by atoms with E-state index in [1.165, 1.54) is 11.3 Å². The number of carbonyl (C=O) groups is 1. The number of hydrogen-bond donors (Lipinski definition) is 1. The summed E-state index contributed by atoms with van der Waals surface area (Å²) in [6.07, 6.45) is 2.77. The van der Waals surface area contributed by atoms with Crippen molar-refractivity contribution in [3.63, 3.8) is 0 Å². The zero-order valence-electron chi connectivity index (χ0n) is 8.44. The predicted molar refractivity (Wildman–Crippen MR) is 57.6 cm³/mol. The largest absolute Gasteiger partial charge is 0.478 e. The lowest BCUT2D eigenvalue weighted by atomic mass is 10.1. The highest BCUT2D eigenvalue weighted by atomic mass is 32.1. The lowest BCUT2D eigenvalue weighted by Gasteiger charge is -2.00. The number of carboxylic acid groups (broad SMARTS) is 1. The van der Waals surface area contributed by atoms with E-state index in [0.29, 0.717) is 5.92 Å². The van der Waals surface area contributed by atoms with Crippen LogP contribution in [0.2, 0.25) is 0 Å². The van der Waals surface area contributed by atoms with Crippen LogP contribution in [-0.4, -0.2) is 16.1 Å². The summed E-state index contributed by atoms with van der Waals surface area (Å²) in [6.45, 7) is 6.02. The minimum absolute atomic E-state index is 0.327. The first-order chi connectivity index (χ1) is 6.50. The molecule has 0 aliphatic heterocycles. The maximum Gasteiger partial charge on any atom is 0.328 e. The van der Waals surface area contributed by atoms with Gasteiger partial charge in [-0.3, -0.25) is 0 Å². The molecule has 0 saturated carbocycles. The van der Waals surface area contributed by atoms with Crippen LogP contribution in [0, 0.1) is 6.92 Å². The Kier molecular flexibility index (Phi) is 3.41. The van der Waals surface area contributed by atoms with Crippen LogP contribution in [0.15, 0.2) is 6.08 Å². The summed E-state index contributed by atoms with van der Waals surface area (Å²) in [5, 5.41) is 9.48. The predicted octanol–water partition coefficient (Wildman–Crippen LogP) is 2.67. The Hall–Kier alpha value is -1.16. The van der Waals surface area contributed by atoms with Crippen molar-refractivity contribution < 1.29 is 9.90 Å². The summed E-state index contributed by atoms with van der Waals surface area (Å²) >= 11 is 1.52. The van der Waals surface area contributed by atoms with Gasteiger partial charge >= 0.3 is 5.97 Å². The number of carboxylic acids is 1. The number of rotatable bonds is 3. The number of aliphatic carboxylic acids is 1. The minimum atomic E-state index is -0.925. The molecule has 0 unspecified atom stereocenters. The summed E-state index contributed by atoms with van der Waals surface area (Å²) in [7, 11) is 0. The van der Waals surface area contributed by atoms with Gasteiger partial charge < -0.3 is 5.11 Å². The minimum Gasteiger partial charge on any atom is -0.478 e. The molecule has 0 bridgehead atoms. The SMILES string of the molecule is Cc1nc(C(C)C)c(/C=C/C(=O)O)s1. The molecule has 0 aliphatic carbocycles. The molecule has 1 aromatic rings. The van der Waals surface area contributed by atoms with E-state index in [9.17, 15) is 4.79 Å². The average Bonchev–Trinajstić information content (AvgIpc) is 2.43. The Bertz CT molecular complexity index is 366. The molecule has 0 fully saturated rings. The first-order valence-corrected chi connectivity index (χ1v) is 5.20. The van der Waals surface area contributed by atoms with Crippen LogP contribution < -0.4 is 0 Å².